The third-order valence-corrected chi connectivity index (χ3v) is 5.63. The molecule has 4 aromatic rings. The van der Waals surface area contributed by atoms with Crippen LogP contribution < -0.4 is 5.32 Å². The summed E-state index contributed by atoms with van der Waals surface area (Å²) in [6, 6.07) is 12.0. The van der Waals surface area contributed by atoms with Gasteiger partial charge in [0.2, 0.25) is 0 Å². The Labute approximate surface area is 173 Å². The van der Waals surface area contributed by atoms with Crippen molar-refractivity contribution in [1.82, 2.24) is 19.7 Å². The molecule has 0 saturated carbocycles. The number of rotatable bonds is 6. The number of carbonyl (C=O) groups excluding carboxylic acids is 1. The van der Waals surface area contributed by atoms with Gasteiger partial charge in [0.05, 0.1) is 6.20 Å². The molecule has 0 atom stereocenters. The fourth-order valence-electron chi connectivity index (χ4n) is 3.08. The largest absolute Gasteiger partial charge is 0.304 e. The summed E-state index contributed by atoms with van der Waals surface area (Å²) in [5.74, 6) is 0.337. The van der Waals surface area contributed by atoms with Crippen molar-refractivity contribution < 1.29 is 4.79 Å². The molecule has 6 nitrogen and oxygen atoms in total. The van der Waals surface area contributed by atoms with Gasteiger partial charge >= 0.3 is 0 Å². The molecule has 4 rings (SSSR count). The quantitative estimate of drug-likeness (QED) is 0.514. The summed E-state index contributed by atoms with van der Waals surface area (Å²) in [5.41, 5.74) is 4.62. The maximum Gasteiger partial charge on any atom is 0.268 e. The van der Waals surface area contributed by atoms with Crippen molar-refractivity contribution in [1.29, 1.82) is 0 Å². The van der Waals surface area contributed by atoms with Crippen LogP contribution in [0.15, 0.2) is 61.2 Å². The van der Waals surface area contributed by atoms with E-state index in [0.29, 0.717) is 10.7 Å². The fraction of sp³-hybridized carbons (Fsp3) is 0.182. The van der Waals surface area contributed by atoms with Gasteiger partial charge in [-0.25, -0.2) is 4.98 Å². The molecule has 0 aliphatic carbocycles. The second kappa shape index (κ2) is 8.36. The fourth-order valence-corrected chi connectivity index (χ4v) is 3.98. The highest BCUT2D eigenvalue weighted by molar-refractivity contribution is 7.17. The number of pyridine rings is 1. The van der Waals surface area contributed by atoms with Crippen molar-refractivity contribution in [3.05, 3.63) is 82.8 Å². The predicted molar refractivity (Wildman–Crippen MR) is 115 cm³/mol. The number of anilines is 1. The Morgan fingerprint density at radius 1 is 1.14 bits per heavy atom. The number of thiazole rings is 1. The lowest BCUT2D eigenvalue weighted by Crippen LogP contribution is -2.11. The molecule has 29 heavy (non-hydrogen) atoms. The molecule has 0 fully saturated rings. The van der Waals surface area contributed by atoms with Crippen LogP contribution in [0.1, 0.15) is 26.4 Å². The number of benzene rings is 1. The zero-order valence-corrected chi connectivity index (χ0v) is 17.1. The van der Waals surface area contributed by atoms with E-state index in [4.69, 9.17) is 0 Å². The summed E-state index contributed by atoms with van der Waals surface area (Å²) < 4.78 is 1.82. The van der Waals surface area contributed by atoms with Crippen LogP contribution in [0.25, 0.3) is 10.6 Å². The second-order valence-electron chi connectivity index (χ2n) is 6.87. The molecule has 0 bridgehead atoms. The molecule has 7 heteroatoms. The van der Waals surface area contributed by atoms with Gasteiger partial charge in [-0.05, 0) is 43.5 Å². The molecule has 0 aliphatic rings. The number of nitrogens with one attached hydrogen (secondary N) is 1. The van der Waals surface area contributed by atoms with Gasteiger partial charge in [-0.2, -0.15) is 5.10 Å². The van der Waals surface area contributed by atoms with Crippen molar-refractivity contribution in [2.45, 2.75) is 26.8 Å². The lowest BCUT2D eigenvalue weighted by molar-refractivity contribution is 0.103. The molecule has 0 aliphatic heterocycles. The van der Waals surface area contributed by atoms with Crippen LogP contribution >= 0.6 is 11.3 Å². The van der Waals surface area contributed by atoms with E-state index < -0.39 is 0 Å². The highest BCUT2D eigenvalue weighted by atomic mass is 32.1. The monoisotopic (exact) mass is 403 g/mol. The Morgan fingerprint density at radius 2 is 1.97 bits per heavy atom. The van der Waals surface area contributed by atoms with Gasteiger partial charge in [0.1, 0.15) is 9.88 Å². The number of aromatic nitrogens is 4. The second-order valence-corrected chi connectivity index (χ2v) is 7.90. The molecule has 0 unspecified atom stereocenters. The normalized spacial score (nSPS) is 10.8. The summed E-state index contributed by atoms with van der Waals surface area (Å²) in [4.78, 5) is 21.6. The van der Waals surface area contributed by atoms with Crippen LogP contribution in [0.2, 0.25) is 0 Å². The van der Waals surface area contributed by atoms with E-state index in [2.05, 4.69) is 52.4 Å². The minimum Gasteiger partial charge on any atom is -0.304 e. The van der Waals surface area contributed by atoms with Crippen LogP contribution in [-0.2, 0) is 13.0 Å². The molecular weight excluding hydrogens is 382 g/mol. The highest BCUT2D eigenvalue weighted by Gasteiger charge is 2.14. The molecule has 1 N–H and O–H groups in total. The van der Waals surface area contributed by atoms with E-state index in [1.165, 1.54) is 22.5 Å². The highest BCUT2D eigenvalue weighted by Crippen LogP contribution is 2.28. The van der Waals surface area contributed by atoms with E-state index in [-0.39, 0.29) is 5.91 Å². The summed E-state index contributed by atoms with van der Waals surface area (Å²) in [6.45, 7) is 4.85. The molecule has 1 amide bonds. The van der Waals surface area contributed by atoms with Crippen LogP contribution in [-0.4, -0.2) is 25.7 Å². The Hall–Kier alpha value is -3.32. The number of carbonyl (C=O) groups is 1. The van der Waals surface area contributed by atoms with E-state index >= 15 is 0 Å². The van der Waals surface area contributed by atoms with Gasteiger partial charge in [0.15, 0.2) is 5.82 Å². The average Bonchev–Trinajstić information content (AvgIpc) is 3.37. The molecule has 0 radical (unpaired) electrons. The lowest BCUT2D eigenvalue weighted by atomic mass is 10.1. The van der Waals surface area contributed by atoms with E-state index in [0.717, 1.165) is 29.1 Å². The smallest absolute Gasteiger partial charge is 0.268 e. The van der Waals surface area contributed by atoms with Gasteiger partial charge in [-0.3, -0.25) is 14.5 Å². The molecule has 146 valence electrons. The summed E-state index contributed by atoms with van der Waals surface area (Å²) >= 11 is 1.38. The maximum absolute atomic E-state index is 12.6. The van der Waals surface area contributed by atoms with E-state index in [9.17, 15) is 4.79 Å². The Kier molecular flexibility index (Phi) is 5.48. The Balaban J connectivity index is 1.40. The molecule has 1 aromatic carbocycles. The van der Waals surface area contributed by atoms with Gasteiger partial charge in [0, 0.05) is 36.8 Å². The molecule has 3 heterocycles. The third-order valence-electron chi connectivity index (χ3n) is 4.60. The first-order valence-corrected chi connectivity index (χ1v) is 10.2. The number of hydrogen-bond donors (Lipinski definition) is 1. The van der Waals surface area contributed by atoms with Crippen LogP contribution in [0, 0.1) is 13.8 Å². The first-order valence-electron chi connectivity index (χ1n) is 9.35. The van der Waals surface area contributed by atoms with Gasteiger partial charge in [-0.1, -0.05) is 23.8 Å². The SMILES string of the molecule is Cc1ccc(-c2ncc(C(=O)Nc3ccn(CCc4ccncc4)n3)s2)c(C)c1. The summed E-state index contributed by atoms with van der Waals surface area (Å²) in [7, 11) is 0. The average molecular weight is 404 g/mol. The predicted octanol–water partition coefficient (Wildman–Crippen LogP) is 4.51. The van der Waals surface area contributed by atoms with Crippen molar-refractivity contribution >= 4 is 23.1 Å². The lowest BCUT2D eigenvalue weighted by Gasteiger charge is -2.03. The van der Waals surface area contributed by atoms with Gasteiger partial charge < -0.3 is 5.32 Å². The number of amides is 1. The zero-order valence-electron chi connectivity index (χ0n) is 16.3. The third kappa shape index (κ3) is 4.57. The summed E-state index contributed by atoms with van der Waals surface area (Å²) in [6.07, 6.45) is 7.91. The van der Waals surface area contributed by atoms with Crippen LogP contribution in [0.3, 0.4) is 0 Å². The van der Waals surface area contributed by atoms with Gasteiger partial charge in [-0.15, -0.1) is 11.3 Å². The standard InChI is InChI=1S/C22H21N5OS/c1-15-3-4-18(16(2)13-15)22-24-14-19(29-22)21(28)25-20-8-12-27(26-20)11-7-17-5-9-23-10-6-17/h3-6,8-10,12-14H,7,11H2,1-2H3,(H,25,26,28). The van der Waals surface area contributed by atoms with Gasteiger partial charge in [0.25, 0.3) is 5.91 Å². The van der Waals surface area contributed by atoms with E-state index in [1.807, 2.05) is 23.0 Å². The minimum absolute atomic E-state index is 0.196. The Morgan fingerprint density at radius 3 is 2.76 bits per heavy atom. The van der Waals surface area contributed by atoms with E-state index in [1.54, 1.807) is 24.7 Å². The molecule has 0 spiro atoms. The molecular formula is C22H21N5OS. The summed E-state index contributed by atoms with van der Waals surface area (Å²) in [5, 5.41) is 8.13. The molecule has 0 saturated heterocycles. The zero-order chi connectivity index (χ0) is 20.2. The number of nitrogens with zero attached hydrogens (tertiary/aromatic N) is 4. The Bertz CT molecular complexity index is 1130. The first kappa shape index (κ1) is 19.0. The maximum atomic E-state index is 12.6. The first-order chi connectivity index (χ1) is 14.1. The van der Waals surface area contributed by atoms with Crippen LogP contribution in [0.4, 0.5) is 5.82 Å². The van der Waals surface area contributed by atoms with Crippen molar-refractivity contribution in [2.24, 2.45) is 0 Å². The van der Waals surface area contributed by atoms with Crippen molar-refractivity contribution in [3.63, 3.8) is 0 Å². The number of aryl methyl sites for hydroxylation is 4. The molecule has 3 aromatic heterocycles. The number of hydrogen-bond acceptors (Lipinski definition) is 5. The van der Waals surface area contributed by atoms with Crippen molar-refractivity contribution in [2.75, 3.05) is 5.32 Å². The topological polar surface area (TPSA) is 72.7 Å². The van der Waals surface area contributed by atoms with Crippen LogP contribution in [0.5, 0.6) is 0 Å². The van der Waals surface area contributed by atoms with Crippen molar-refractivity contribution in [3.8, 4) is 10.6 Å². The minimum atomic E-state index is -0.196.